The molecule has 0 atom stereocenters. The van der Waals surface area contributed by atoms with Crippen molar-refractivity contribution in [2.24, 2.45) is 5.73 Å². The summed E-state index contributed by atoms with van der Waals surface area (Å²) in [5.74, 6) is -0.389. The fourth-order valence-electron chi connectivity index (χ4n) is 0.597. The number of nitrogens with zero attached hydrogens (tertiary/aromatic N) is 1. The highest BCUT2D eigenvalue weighted by Gasteiger charge is 2.00. The van der Waals surface area contributed by atoms with Crippen LogP contribution in [0.5, 0.6) is 0 Å². The molecule has 0 saturated carbocycles. The Bertz CT molecular complexity index is 118. The van der Waals surface area contributed by atoms with E-state index >= 15 is 0 Å². The van der Waals surface area contributed by atoms with Crippen molar-refractivity contribution < 1.29 is 14.6 Å². The number of hydrogen-bond acceptors (Lipinski definition) is 4. The molecule has 0 aromatic heterocycles. The Balaban J connectivity index is 3.22. The van der Waals surface area contributed by atoms with Crippen LogP contribution in [-0.4, -0.2) is 49.5 Å². The van der Waals surface area contributed by atoms with Crippen molar-refractivity contribution in [3.8, 4) is 0 Å². The largest absolute Gasteiger partial charge is 0.394 e. The Labute approximate surface area is 65.7 Å². The van der Waals surface area contributed by atoms with Crippen molar-refractivity contribution in [1.29, 1.82) is 0 Å². The lowest BCUT2D eigenvalue weighted by atomic mass is 10.6. The van der Waals surface area contributed by atoms with E-state index in [9.17, 15) is 4.79 Å². The van der Waals surface area contributed by atoms with E-state index in [0.717, 1.165) is 0 Å². The second-order valence-electron chi connectivity index (χ2n) is 2.24. The second-order valence-corrected chi connectivity index (χ2v) is 2.24. The van der Waals surface area contributed by atoms with Crippen molar-refractivity contribution in [2.45, 2.75) is 0 Å². The second kappa shape index (κ2) is 6.09. The van der Waals surface area contributed by atoms with Gasteiger partial charge in [0, 0.05) is 0 Å². The molecule has 0 fully saturated rings. The molecule has 0 aliphatic carbocycles. The summed E-state index contributed by atoms with van der Waals surface area (Å²) < 4.78 is 4.91. The third-order valence-electron chi connectivity index (χ3n) is 0.973. The zero-order valence-corrected chi connectivity index (χ0v) is 6.62. The van der Waals surface area contributed by atoms with Crippen molar-refractivity contribution in [2.75, 3.05) is 33.5 Å². The maximum atomic E-state index is 10.3. The SMILES string of the molecule is CN(COCCO)CC(N)=O. The predicted octanol–water partition coefficient (Wildman–Crippen LogP) is -1.63. The standard InChI is InChI=1S/C6H14N2O3/c1-8(4-6(7)10)5-11-3-2-9/h9H,2-5H2,1H3,(H2,7,10). The summed E-state index contributed by atoms with van der Waals surface area (Å²) in [5, 5.41) is 8.33. The van der Waals surface area contributed by atoms with Crippen molar-refractivity contribution in [3.63, 3.8) is 0 Å². The van der Waals surface area contributed by atoms with Crippen LogP contribution in [-0.2, 0) is 9.53 Å². The van der Waals surface area contributed by atoms with Crippen molar-refractivity contribution >= 4 is 5.91 Å². The number of rotatable bonds is 6. The van der Waals surface area contributed by atoms with Crippen LogP contribution in [0.2, 0.25) is 0 Å². The zero-order chi connectivity index (χ0) is 8.69. The summed E-state index contributed by atoms with van der Waals surface area (Å²) in [6.45, 7) is 0.752. The molecule has 0 radical (unpaired) electrons. The molecule has 0 spiro atoms. The van der Waals surface area contributed by atoms with Gasteiger partial charge in [0.25, 0.3) is 0 Å². The van der Waals surface area contributed by atoms with Crippen LogP contribution in [0.25, 0.3) is 0 Å². The van der Waals surface area contributed by atoms with Crippen LogP contribution in [0.15, 0.2) is 0 Å². The molecule has 0 unspecified atom stereocenters. The molecule has 3 N–H and O–H groups in total. The molecule has 0 aromatic carbocycles. The number of ether oxygens (including phenoxy) is 1. The molecule has 5 nitrogen and oxygen atoms in total. The average Bonchev–Trinajstić information content (AvgIpc) is 1.86. The monoisotopic (exact) mass is 162 g/mol. The van der Waals surface area contributed by atoms with E-state index in [0.29, 0.717) is 6.73 Å². The number of aliphatic hydroxyl groups is 1. The van der Waals surface area contributed by atoms with E-state index in [4.69, 9.17) is 15.6 Å². The Morgan fingerprint density at radius 3 is 2.82 bits per heavy atom. The van der Waals surface area contributed by atoms with Crippen molar-refractivity contribution in [1.82, 2.24) is 4.90 Å². The summed E-state index contributed by atoms with van der Waals surface area (Å²) in [4.78, 5) is 11.9. The fraction of sp³-hybridized carbons (Fsp3) is 0.833. The van der Waals surface area contributed by atoms with Gasteiger partial charge in [0.15, 0.2) is 0 Å². The number of carbonyl (C=O) groups is 1. The van der Waals surface area contributed by atoms with E-state index in [1.54, 1.807) is 11.9 Å². The highest BCUT2D eigenvalue weighted by atomic mass is 16.5. The molecule has 0 aliphatic rings. The highest BCUT2D eigenvalue weighted by molar-refractivity contribution is 5.75. The van der Waals surface area contributed by atoms with Gasteiger partial charge in [-0.05, 0) is 7.05 Å². The van der Waals surface area contributed by atoms with Crippen LogP contribution in [0, 0.1) is 0 Å². The minimum Gasteiger partial charge on any atom is -0.394 e. The predicted molar refractivity (Wildman–Crippen MR) is 39.7 cm³/mol. The molecular formula is C6H14N2O3. The van der Waals surface area contributed by atoms with E-state index < -0.39 is 0 Å². The van der Waals surface area contributed by atoms with Crippen LogP contribution in [0.3, 0.4) is 0 Å². The molecule has 0 aliphatic heterocycles. The molecule has 0 heterocycles. The number of likely N-dealkylation sites (N-methyl/N-ethyl adjacent to an activating group) is 1. The summed E-state index contributed by atoms with van der Waals surface area (Å²) in [6.07, 6.45) is 0. The van der Waals surface area contributed by atoms with E-state index in [-0.39, 0.29) is 25.7 Å². The topological polar surface area (TPSA) is 75.8 Å². The summed E-state index contributed by atoms with van der Waals surface area (Å²) in [6, 6.07) is 0. The van der Waals surface area contributed by atoms with Crippen LogP contribution < -0.4 is 5.73 Å². The maximum absolute atomic E-state index is 10.3. The quantitative estimate of drug-likeness (QED) is 0.363. The molecule has 0 bridgehead atoms. The Morgan fingerprint density at radius 2 is 2.36 bits per heavy atom. The molecule has 5 heteroatoms. The third-order valence-corrected chi connectivity index (χ3v) is 0.973. The molecule has 0 saturated heterocycles. The summed E-state index contributed by atoms with van der Waals surface area (Å²) >= 11 is 0. The Kier molecular flexibility index (Phi) is 5.73. The van der Waals surface area contributed by atoms with Crippen LogP contribution in [0.1, 0.15) is 0 Å². The number of carbonyl (C=O) groups excluding carboxylic acids is 1. The number of amides is 1. The van der Waals surface area contributed by atoms with E-state index in [1.807, 2.05) is 0 Å². The Morgan fingerprint density at radius 1 is 1.73 bits per heavy atom. The molecular weight excluding hydrogens is 148 g/mol. The van der Waals surface area contributed by atoms with Gasteiger partial charge in [0.2, 0.25) is 5.91 Å². The molecule has 11 heavy (non-hydrogen) atoms. The summed E-state index contributed by atoms with van der Waals surface area (Å²) in [7, 11) is 1.71. The number of nitrogens with two attached hydrogens (primary N) is 1. The van der Waals surface area contributed by atoms with Gasteiger partial charge in [0.05, 0.1) is 26.5 Å². The third kappa shape index (κ3) is 7.24. The van der Waals surface area contributed by atoms with Gasteiger partial charge in [-0.1, -0.05) is 0 Å². The molecule has 0 aromatic rings. The van der Waals surface area contributed by atoms with Gasteiger partial charge in [-0.2, -0.15) is 0 Å². The normalized spacial score (nSPS) is 10.5. The fourth-order valence-corrected chi connectivity index (χ4v) is 0.597. The van der Waals surface area contributed by atoms with E-state index in [1.165, 1.54) is 0 Å². The van der Waals surface area contributed by atoms with Gasteiger partial charge in [-0.15, -0.1) is 0 Å². The van der Waals surface area contributed by atoms with E-state index in [2.05, 4.69) is 0 Å². The minimum atomic E-state index is -0.389. The van der Waals surface area contributed by atoms with Gasteiger partial charge >= 0.3 is 0 Å². The first-order valence-corrected chi connectivity index (χ1v) is 3.32. The number of hydrogen-bond donors (Lipinski definition) is 2. The van der Waals surface area contributed by atoms with Gasteiger partial charge in [-0.25, -0.2) is 0 Å². The van der Waals surface area contributed by atoms with Crippen LogP contribution in [0.4, 0.5) is 0 Å². The average molecular weight is 162 g/mol. The van der Waals surface area contributed by atoms with Gasteiger partial charge in [0.1, 0.15) is 0 Å². The Hall–Kier alpha value is -0.650. The smallest absolute Gasteiger partial charge is 0.231 e. The highest BCUT2D eigenvalue weighted by Crippen LogP contribution is 1.81. The molecule has 66 valence electrons. The van der Waals surface area contributed by atoms with Crippen molar-refractivity contribution in [3.05, 3.63) is 0 Å². The molecule has 1 amide bonds. The lowest BCUT2D eigenvalue weighted by molar-refractivity contribution is -0.120. The maximum Gasteiger partial charge on any atom is 0.231 e. The first kappa shape index (κ1) is 10.3. The number of primary amides is 1. The van der Waals surface area contributed by atoms with Gasteiger partial charge < -0.3 is 15.6 Å². The lowest BCUT2D eigenvalue weighted by Crippen LogP contribution is -2.32. The van der Waals surface area contributed by atoms with Crippen LogP contribution >= 0.6 is 0 Å². The zero-order valence-electron chi connectivity index (χ0n) is 6.62. The number of aliphatic hydroxyl groups excluding tert-OH is 1. The minimum absolute atomic E-state index is 0.00951. The molecule has 0 rings (SSSR count). The summed E-state index contributed by atoms with van der Waals surface area (Å²) in [5.41, 5.74) is 4.91. The first-order chi connectivity index (χ1) is 5.16. The van der Waals surface area contributed by atoms with Gasteiger partial charge in [-0.3, -0.25) is 9.69 Å². The lowest BCUT2D eigenvalue weighted by Gasteiger charge is -2.13. The first-order valence-electron chi connectivity index (χ1n) is 3.32.